The molecule has 0 atom stereocenters. The summed E-state index contributed by atoms with van der Waals surface area (Å²) in [5.41, 5.74) is 0.637. The number of sulfonamides is 2. The molecule has 0 aromatic heterocycles. The summed E-state index contributed by atoms with van der Waals surface area (Å²) in [6.45, 7) is 0. The van der Waals surface area contributed by atoms with E-state index >= 15 is 0 Å². The van der Waals surface area contributed by atoms with Gasteiger partial charge >= 0.3 is 0 Å². The minimum atomic E-state index is -3.87. The largest absolute Gasteiger partial charge is 0.496 e. The smallest absolute Gasteiger partial charge is 0.261 e. The molecule has 0 aliphatic heterocycles. The number of methoxy groups -OCH3 is 1. The van der Waals surface area contributed by atoms with Crippen molar-refractivity contribution in [2.75, 3.05) is 16.6 Å². The van der Waals surface area contributed by atoms with Crippen LogP contribution in [-0.4, -0.2) is 23.9 Å². The lowest BCUT2D eigenvalue weighted by molar-refractivity contribution is 0.411. The van der Waals surface area contributed by atoms with Crippen molar-refractivity contribution in [2.45, 2.75) is 9.79 Å². The maximum atomic E-state index is 12.6. The zero-order valence-electron chi connectivity index (χ0n) is 15.5. The summed E-state index contributed by atoms with van der Waals surface area (Å²) in [5, 5.41) is 0. The normalized spacial score (nSPS) is 11.7. The summed E-state index contributed by atoms with van der Waals surface area (Å²) in [4.78, 5) is 0.0318. The Kier molecular flexibility index (Phi) is 6.75. The van der Waals surface area contributed by atoms with Crippen molar-refractivity contribution in [3.8, 4) is 5.75 Å². The fraction of sp³-hybridized carbons (Fsp3) is 0.0526. The van der Waals surface area contributed by atoms with Crippen LogP contribution in [0.1, 0.15) is 0 Å². The van der Waals surface area contributed by atoms with Gasteiger partial charge in [0.05, 0.1) is 21.4 Å². The molecule has 0 radical (unpaired) electrons. The zero-order chi connectivity index (χ0) is 21.9. The maximum Gasteiger partial charge on any atom is 0.261 e. The molecule has 3 rings (SSSR count). The topological polar surface area (TPSA) is 102 Å². The molecule has 30 heavy (non-hydrogen) atoms. The molecular formula is C19H16Br2N2O5S2. The number of halogens is 2. The van der Waals surface area contributed by atoms with Crippen LogP contribution in [0, 0.1) is 0 Å². The number of hydrogen-bond donors (Lipinski definition) is 2. The molecule has 0 saturated heterocycles. The SMILES string of the molecule is COc1ccc(S(=O)(=O)Nc2ccc(S(=O)(=O)Nc3ccc(Br)cc3)cc2)cc1Br. The Labute approximate surface area is 191 Å². The van der Waals surface area contributed by atoms with Gasteiger partial charge in [-0.3, -0.25) is 9.44 Å². The molecule has 2 N–H and O–H groups in total. The number of anilines is 2. The molecule has 11 heteroatoms. The van der Waals surface area contributed by atoms with E-state index < -0.39 is 20.0 Å². The van der Waals surface area contributed by atoms with Gasteiger partial charge in [0.2, 0.25) is 0 Å². The number of benzene rings is 3. The monoisotopic (exact) mass is 574 g/mol. The summed E-state index contributed by atoms with van der Waals surface area (Å²) in [6.07, 6.45) is 0. The van der Waals surface area contributed by atoms with Crippen molar-refractivity contribution in [1.82, 2.24) is 0 Å². The Morgan fingerprint density at radius 1 is 0.700 bits per heavy atom. The molecule has 7 nitrogen and oxygen atoms in total. The van der Waals surface area contributed by atoms with E-state index in [0.717, 1.165) is 4.47 Å². The summed E-state index contributed by atoms with van der Waals surface area (Å²) in [7, 11) is -6.20. The predicted octanol–water partition coefficient (Wildman–Crippen LogP) is 4.82. The molecule has 0 saturated carbocycles. The summed E-state index contributed by atoms with van der Waals surface area (Å²) in [6, 6.07) is 16.4. The molecule has 0 aliphatic rings. The van der Waals surface area contributed by atoms with Crippen LogP contribution in [0.2, 0.25) is 0 Å². The Balaban J connectivity index is 1.78. The van der Waals surface area contributed by atoms with Crippen LogP contribution >= 0.6 is 31.9 Å². The van der Waals surface area contributed by atoms with Gasteiger partial charge in [0.1, 0.15) is 5.75 Å². The molecule has 0 heterocycles. The highest BCUT2D eigenvalue weighted by molar-refractivity contribution is 9.10. The van der Waals surface area contributed by atoms with E-state index in [9.17, 15) is 16.8 Å². The average Bonchev–Trinajstić information content (AvgIpc) is 2.69. The van der Waals surface area contributed by atoms with Crippen LogP contribution in [0.15, 0.2) is 85.5 Å². The lowest BCUT2D eigenvalue weighted by Crippen LogP contribution is -2.14. The van der Waals surface area contributed by atoms with Crippen LogP contribution in [0.4, 0.5) is 11.4 Å². The third-order valence-corrected chi connectivity index (χ3v) is 7.87. The average molecular weight is 576 g/mol. The van der Waals surface area contributed by atoms with Gasteiger partial charge in [-0.15, -0.1) is 0 Å². The van der Waals surface area contributed by atoms with Crippen LogP contribution in [0.5, 0.6) is 5.75 Å². The van der Waals surface area contributed by atoms with E-state index in [-0.39, 0.29) is 15.5 Å². The first-order valence-corrected chi connectivity index (χ1v) is 12.9. The van der Waals surface area contributed by atoms with Gasteiger partial charge in [-0.25, -0.2) is 16.8 Å². The fourth-order valence-electron chi connectivity index (χ4n) is 2.46. The second-order valence-corrected chi connectivity index (χ2v) is 11.2. The predicted molar refractivity (Wildman–Crippen MR) is 123 cm³/mol. The first-order valence-electron chi connectivity index (χ1n) is 8.35. The van der Waals surface area contributed by atoms with Crippen molar-refractivity contribution in [3.05, 3.63) is 75.7 Å². The highest BCUT2D eigenvalue weighted by Gasteiger charge is 2.18. The molecule has 0 amide bonds. The van der Waals surface area contributed by atoms with Crippen molar-refractivity contribution >= 4 is 63.3 Å². The Morgan fingerprint density at radius 2 is 1.17 bits per heavy atom. The van der Waals surface area contributed by atoms with Gasteiger partial charge in [0.25, 0.3) is 20.0 Å². The molecule has 0 bridgehead atoms. The summed E-state index contributed by atoms with van der Waals surface area (Å²) in [5.74, 6) is 0.502. The number of nitrogens with one attached hydrogen (secondary N) is 2. The van der Waals surface area contributed by atoms with Gasteiger partial charge in [0, 0.05) is 15.8 Å². The minimum Gasteiger partial charge on any atom is -0.496 e. The number of hydrogen-bond acceptors (Lipinski definition) is 5. The molecule has 3 aromatic carbocycles. The minimum absolute atomic E-state index is 0.000517. The Hall–Kier alpha value is -2.08. The molecule has 0 unspecified atom stereocenters. The number of rotatable bonds is 7. The summed E-state index contributed by atoms with van der Waals surface area (Å²) >= 11 is 6.54. The van der Waals surface area contributed by atoms with E-state index in [4.69, 9.17) is 4.74 Å². The molecule has 3 aromatic rings. The second-order valence-electron chi connectivity index (χ2n) is 6.04. The third kappa shape index (κ3) is 5.34. The van der Waals surface area contributed by atoms with Crippen molar-refractivity contribution in [2.24, 2.45) is 0 Å². The molecular weight excluding hydrogens is 560 g/mol. The lowest BCUT2D eigenvalue weighted by atomic mass is 10.3. The van der Waals surface area contributed by atoms with Gasteiger partial charge in [-0.1, -0.05) is 15.9 Å². The zero-order valence-corrected chi connectivity index (χ0v) is 20.3. The van der Waals surface area contributed by atoms with E-state index in [1.54, 1.807) is 24.3 Å². The fourth-order valence-corrected chi connectivity index (χ4v) is 5.56. The maximum absolute atomic E-state index is 12.6. The van der Waals surface area contributed by atoms with E-state index in [1.807, 2.05) is 0 Å². The highest BCUT2D eigenvalue weighted by atomic mass is 79.9. The van der Waals surface area contributed by atoms with Crippen LogP contribution in [-0.2, 0) is 20.0 Å². The first kappa shape index (κ1) is 22.6. The van der Waals surface area contributed by atoms with Crippen LogP contribution in [0.3, 0.4) is 0 Å². The Bertz CT molecular complexity index is 1260. The van der Waals surface area contributed by atoms with E-state index in [2.05, 4.69) is 41.3 Å². The quantitative estimate of drug-likeness (QED) is 0.420. The van der Waals surface area contributed by atoms with Gasteiger partial charge < -0.3 is 4.74 Å². The molecule has 0 aliphatic carbocycles. The highest BCUT2D eigenvalue weighted by Crippen LogP contribution is 2.28. The van der Waals surface area contributed by atoms with Crippen LogP contribution < -0.4 is 14.2 Å². The van der Waals surface area contributed by atoms with Crippen LogP contribution in [0.25, 0.3) is 0 Å². The van der Waals surface area contributed by atoms with Gasteiger partial charge in [-0.2, -0.15) is 0 Å². The van der Waals surface area contributed by atoms with Crippen molar-refractivity contribution in [1.29, 1.82) is 0 Å². The standard InChI is InChI=1S/C19H16Br2N2O5S2/c1-28-19-11-10-17(12-18(19)21)30(26,27)23-15-6-8-16(9-7-15)29(24,25)22-14-4-2-13(20)3-5-14/h2-12,22-23H,1H3. The molecule has 0 fully saturated rings. The molecule has 158 valence electrons. The molecule has 0 spiro atoms. The first-order chi connectivity index (χ1) is 14.1. The lowest BCUT2D eigenvalue weighted by Gasteiger charge is -2.11. The van der Waals surface area contributed by atoms with Gasteiger partial charge in [0.15, 0.2) is 0 Å². The van der Waals surface area contributed by atoms with E-state index in [1.165, 1.54) is 49.6 Å². The van der Waals surface area contributed by atoms with Crippen molar-refractivity contribution in [3.63, 3.8) is 0 Å². The third-order valence-electron chi connectivity index (χ3n) is 3.95. The summed E-state index contributed by atoms with van der Waals surface area (Å²) < 4.78 is 61.5. The Morgan fingerprint density at radius 3 is 1.67 bits per heavy atom. The van der Waals surface area contributed by atoms with Gasteiger partial charge in [-0.05, 0) is 82.7 Å². The second kappa shape index (κ2) is 8.96. The van der Waals surface area contributed by atoms with E-state index in [0.29, 0.717) is 15.9 Å². The number of ether oxygens (including phenoxy) is 1. The van der Waals surface area contributed by atoms with Crippen molar-refractivity contribution < 1.29 is 21.6 Å².